The third-order valence-electron chi connectivity index (χ3n) is 3.70. The van der Waals surface area contributed by atoms with Gasteiger partial charge in [0, 0.05) is 6.54 Å². The molecule has 1 saturated heterocycles. The van der Waals surface area contributed by atoms with Crippen LogP contribution in [0, 0.1) is 6.92 Å². The Morgan fingerprint density at radius 2 is 1.95 bits per heavy atom. The molecule has 5 heteroatoms. The Morgan fingerprint density at radius 1 is 1.20 bits per heavy atom. The Kier molecular flexibility index (Phi) is 3.40. The Morgan fingerprint density at radius 3 is 2.60 bits per heavy atom. The molecular weight excluding hydrogens is 274 g/mol. The molecule has 1 aromatic carbocycles. The summed E-state index contributed by atoms with van der Waals surface area (Å²) in [5.41, 5.74) is 1.05. The molecule has 4 nitrogen and oxygen atoms in total. The lowest BCUT2D eigenvalue weighted by Crippen LogP contribution is -2.30. The number of nitrogens with zero attached hydrogens (tertiary/aromatic N) is 1. The third kappa shape index (κ3) is 2.27. The monoisotopic (exact) mass is 291 g/mol. The van der Waals surface area contributed by atoms with Crippen molar-refractivity contribution in [2.45, 2.75) is 30.7 Å². The molecule has 1 atom stereocenters. The highest BCUT2D eigenvalue weighted by atomic mass is 32.2. The van der Waals surface area contributed by atoms with Gasteiger partial charge in [0.1, 0.15) is 5.76 Å². The fourth-order valence-electron chi connectivity index (χ4n) is 2.64. The van der Waals surface area contributed by atoms with Gasteiger partial charge in [-0.15, -0.1) is 0 Å². The van der Waals surface area contributed by atoms with E-state index in [9.17, 15) is 8.42 Å². The molecule has 0 N–H and O–H groups in total. The molecule has 1 aromatic heterocycles. The molecule has 106 valence electrons. The van der Waals surface area contributed by atoms with Crippen LogP contribution in [-0.4, -0.2) is 19.3 Å². The Bertz CT molecular complexity index is 674. The van der Waals surface area contributed by atoms with Crippen LogP contribution in [0.25, 0.3) is 0 Å². The van der Waals surface area contributed by atoms with Gasteiger partial charge in [0.05, 0.1) is 17.2 Å². The van der Waals surface area contributed by atoms with Gasteiger partial charge in [-0.25, -0.2) is 8.42 Å². The summed E-state index contributed by atoms with van der Waals surface area (Å²) in [4.78, 5) is 0.349. The highest BCUT2D eigenvalue weighted by Crippen LogP contribution is 2.36. The highest BCUT2D eigenvalue weighted by molar-refractivity contribution is 7.89. The minimum Gasteiger partial charge on any atom is -0.468 e. The van der Waals surface area contributed by atoms with Crippen molar-refractivity contribution in [1.82, 2.24) is 4.31 Å². The lowest BCUT2D eigenvalue weighted by Gasteiger charge is -2.22. The summed E-state index contributed by atoms with van der Waals surface area (Å²) in [6.07, 6.45) is 3.25. The molecule has 20 heavy (non-hydrogen) atoms. The van der Waals surface area contributed by atoms with E-state index in [2.05, 4.69) is 0 Å². The quantitative estimate of drug-likeness (QED) is 0.873. The first-order valence-corrected chi connectivity index (χ1v) is 8.15. The fraction of sp³-hybridized carbons (Fsp3) is 0.333. The molecule has 0 saturated carbocycles. The van der Waals surface area contributed by atoms with E-state index in [0.717, 1.165) is 24.2 Å². The summed E-state index contributed by atoms with van der Waals surface area (Å²) in [5, 5.41) is 0. The van der Waals surface area contributed by atoms with E-state index in [0.29, 0.717) is 11.4 Å². The minimum absolute atomic E-state index is 0.184. The van der Waals surface area contributed by atoms with E-state index >= 15 is 0 Å². The normalized spacial score (nSPS) is 20.4. The average Bonchev–Trinajstić information content (AvgIpc) is 3.10. The largest absolute Gasteiger partial charge is 0.468 e. The predicted molar refractivity (Wildman–Crippen MR) is 75.8 cm³/mol. The van der Waals surface area contributed by atoms with E-state index in [1.165, 1.54) is 0 Å². The van der Waals surface area contributed by atoms with Crippen LogP contribution in [0.5, 0.6) is 0 Å². The summed E-state index contributed by atoms with van der Waals surface area (Å²) in [7, 11) is -3.46. The smallest absolute Gasteiger partial charge is 0.243 e. The van der Waals surface area contributed by atoms with Crippen LogP contribution in [0.4, 0.5) is 0 Å². The molecular formula is C15H17NO3S. The molecule has 0 aliphatic carbocycles. The van der Waals surface area contributed by atoms with Crippen LogP contribution in [0.1, 0.15) is 30.2 Å². The van der Waals surface area contributed by atoms with Gasteiger partial charge in [0.25, 0.3) is 0 Å². The molecule has 0 amide bonds. The summed E-state index contributed by atoms with van der Waals surface area (Å²) in [5.74, 6) is 0.721. The van der Waals surface area contributed by atoms with Crippen LogP contribution in [0.2, 0.25) is 0 Å². The van der Waals surface area contributed by atoms with E-state index < -0.39 is 10.0 Å². The SMILES string of the molecule is Cc1ccc(S(=O)(=O)N2CCC[C@@H]2c2ccco2)cc1. The van der Waals surface area contributed by atoms with Crippen molar-refractivity contribution < 1.29 is 12.8 Å². The van der Waals surface area contributed by atoms with Gasteiger partial charge in [0.15, 0.2) is 0 Å². The molecule has 0 bridgehead atoms. The number of rotatable bonds is 3. The zero-order valence-electron chi connectivity index (χ0n) is 11.3. The standard InChI is InChI=1S/C15H17NO3S/c1-12-6-8-13(9-7-12)20(17,18)16-10-2-4-14(16)15-5-3-11-19-15/h3,5-9,11,14H,2,4,10H2,1H3/t14-/m1/s1. The molecule has 1 aliphatic rings. The van der Waals surface area contributed by atoms with E-state index in [1.807, 2.05) is 25.1 Å². The van der Waals surface area contributed by atoms with Gasteiger partial charge in [0.2, 0.25) is 10.0 Å². The highest BCUT2D eigenvalue weighted by Gasteiger charge is 2.37. The summed E-state index contributed by atoms with van der Waals surface area (Å²) >= 11 is 0. The van der Waals surface area contributed by atoms with E-state index in [1.54, 1.807) is 28.8 Å². The first-order valence-electron chi connectivity index (χ1n) is 6.71. The van der Waals surface area contributed by atoms with Crippen LogP contribution in [0.15, 0.2) is 52.0 Å². The van der Waals surface area contributed by atoms with Gasteiger partial charge in [-0.2, -0.15) is 4.31 Å². The number of sulfonamides is 1. The van der Waals surface area contributed by atoms with Crippen LogP contribution < -0.4 is 0 Å². The molecule has 0 radical (unpaired) electrons. The van der Waals surface area contributed by atoms with Gasteiger partial charge in [-0.3, -0.25) is 0 Å². The van der Waals surface area contributed by atoms with Gasteiger partial charge < -0.3 is 4.42 Å². The van der Waals surface area contributed by atoms with Crippen molar-refractivity contribution in [3.63, 3.8) is 0 Å². The van der Waals surface area contributed by atoms with E-state index in [-0.39, 0.29) is 6.04 Å². The zero-order valence-corrected chi connectivity index (χ0v) is 12.1. The van der Waals surface area contributed by atoms with Crippen molar-refractivity contribution in [2.75, 3.05) is 6.54 Å². The molecule has 1 aliphatic heterocycles. The number of hydrogen-bond donors (Lipinski definition) is 0. The number of hydrogen-bond acceptors (Lipinski definition) is 3. The maximum Gasteiger partial charge on any atom is 0.243 e. The van der Waals surface area contributed by atoms with Crippen molar-refractivity contribution in [3.8, 4) is 0 Å². The Hall–Kier alpha value is -1.59. The number of furan rings is 1. The van der Waals surface area contributed by atoms with Crippen LogP contribution in [0.3, 0.4) is 0 Å². The van der Waals surface area contributed by atoms with Gasteiger partial charge in [-0.1, -0.05) is 17.7 Å². The molecule has 0 spiro atoms. The van der Waals surface area contributed by atoms with Crippen molar-refractivity contribution >= 4 is 10.0 Å². The minimum atomic E-state index is -3.46. The Labute approximate surface area is 119 Å². The molecule has 2 aromatic rings. The Balaban J connectivity index is 1.96. The first kappa shape index (κ1) is 13.4. The zero-order chi connectivity index (χ0) is 14.2. The van der Waals surface area contributed by atoms with Crippen molar-refractivity contribution in [1.29, 1.82) is 0 Å². The van der Waals surface area contributed by atoms with Crippen molar-refractivity contribution in [2.24, 2.45) is 0 Å². The maximum absolute atomic E-state index is 12.7. The topological polar surface area (TPSA) is 50.5 Å². The second-order valence-electron chi connectivity index (χ2n) is 5.10. The van der Waals surface area contributed by atoms with Gasteiger partial charge in [-0.05, 0) is 44.0 Å². The first-order chi connectivity index (χ1) is 9.59. The van der Waals surface area contributed by atoms with Gasteiger partial charge >= 0.3 is 0 Å². The molecule has 1 fully saturated rings. The third-order valence-corrected chi connectivity index (χ3v) is 5.63. The predicted octanol–water partition coefficient (Wildman–Crippen LogP) is 3.11. The second-order valence-corrected chi connectivity index (χ2v) is 6.99. The van der Waals surface area contributed by atoms with Crippen molar-refractivity contribution in [3.05, 3.63) is 54.0 Å². The molecule has 0 unspecified atom stereocenters. The van der Waals surface area contributed by atoms with E-state index in [4.69, 9.17) is 4.42 Å². The number of aryl methyl sites for hydroxylation is 1. The fourth-order valence-corrected chi connectivity index (χ4v) is 4.30. The second kappa shape index (κ2) is 5.07. The lowest BCUT2D eigenvalue weighted by molar-refractivity contribution is 0.340. The van der Waals surface area contributed by atoms with Crippen LogP contribution in [-0.2, 0) is 10.0 Å². The average molecular weight is 291 g/mol. The lowest BCUT2D eigenvalue weighted by atomic mass is 10.2. The summed E-state index contributed by atoms with van der Waals surface area (Å²) in [6.45, 7) is 2.49. The summed E-state index contributed by atoms with van der Waals surface area (Å²) < 4.78 is 32.4. The number of benzene rings is 1. The molecule has 2 heterocycles. The summed E-state index contributed by atoms with van der Waals surface area (Å²) in [6, 6.07) is 10.4. The molecule has 3 rings (SSSR count). The van der Waals surface area contributed by atoms with Crippen LogP contribution >= 0.6 is 0 Å². The maximum atomic E-state index is 12.7.